The Morgan fingerprint density at radius 3 is 2.95 bits per heavy atom. The van der Waals surface area contributed by atoms with E-state index in [-0.39, 0.29) is 6.04 Å². The Hall–Kier alpha value is -1.11. The van der Waals surface area contributed by atoms with Crippen molar-refractivity contribution in [2.75, 3.05) is 32.0 Å². The van der Waals surface area contributed by atoms with Crippen LogP contribution in [0.1, 0.15) is 18.9 Å². The number of sulfonamides is 1. The largest absolute Gasteiger partial charge is 0.384 e. The lowest BCUT2D eigenvalue weighted by molar-refractivity contribution is 0.188. The molecule has 1 aromatic rings. The van der Waals surface area contributed by atoms with Gasteiger partial charge in [0.2, 0.25) is 10.0 Å². The first-order valence-corrected chi connectivity index (χ1v) is 9.02. The summed E-state index contributed by atoms with van der Waals surface area (Å²) in [5, 5.41) is 3.25. The third-order valence-corrected chi connectivity index (χ3v) is 6.00. The van der Waals surface area contributed by atoms with Crippen LogP contribution in [0.15, 0.2) is 23.1 Å². The highest BCUT2D eigenvalue weighted by atomic mass is 32.2. The average molecular weight is 309 g/mol. The average Bonchev–Trinajstić information content (AvgIpc) is 2.89. The van der Waals surface area contributed by atoms with Crippen LogP contribution in [0.2, 0.25) is 0 Å². The van der Waals surface area contributed by atoms with Crippen molar-refractivity contribution in [2.24, 2.45) is 5.92 Å². The van der Waals surface area contributed by atoms with Gasteiger partial charge in [-0.2, -0.15) is 0 Å². The molecule has 3 rings (SSSR count). The summed E-state index contributed by atoms with van der Waals surface area (Å²) in [6, 6.07) is 5.39. The first kappa shape index (κ1) is 14.8. The first-order chi connectivity index (χ1) is 9.95. The Bertz CT molecular complexity index is 630. The molecular formula is C15H23N3O2S. The number of hydrogen-bond donors (Lipinski definition) is 2. The maximum atomic E-state index is 12.6. The molecule has 1 aromatic carbocycles. The van der Waals surface area contributed by atoms with Crippen molar-refractivity contribution < 1.29 is 8.42 Å². The third-order valence-electron chi connectivity index (χ3n) is 4.51. The molecule has 116 valence electrons. The molecule has 2 aliphatic rings. The van der Waals surface area contributed by atoms with Gasteiger partial charge in [-0.3, -0.25) is 0 Å². The topological polar surface area (TPSA) is 61.4 Å². The van der Waals surface area contributed by atoms with Gasteiger partial charge in [0.25, 0.3) is 0 Å². The fourth-order valence-electron chi connectivity index (χ4n) is 3.24. The highest BCUT2D eigenvalue weighted by Crippen LogP contribution is 2.26. The predicted molar refractivity (Wildman–Crippen MR) is 84.0 cm³/mol. The number of rotatable bonds is 3. The summed E-state index contributed by atoms with van der Waals surface area (Å²) < 4.78 is 28.1. The van der Waals surface area contributed by atoms with E-state index in [2.05, 4.69) is 28.9 Å². The van der Waals surface area contributed by atoms with Gasteiger partial charge in [-0.15, -0.1) is 0 Å². The molecule has 2 atom stereocenters. The molecule has 2 heterocycles. The van der Waals surface area contributed by atoms with Crippen molar-refractivity contribution in [1.82, 2.24) is 9.62 Å². The Morgan fingerprint density at radius 1 is 1.38 bits per heavy atom. The van der Waals surface area contributed by atoms with Crippen molar-refractivity contribution in [3.05, 3.63) is 23.8 Å². The van der Waals surface area contributed by atoms with Crippen LogP contribution in [0.5, 0.6) is 0 Å². The van der Waals surface area contributed by atoms with Gasteiger partial charge in [-0.05, 0) is 56.1 Å². The van der Waals surface area contributed by atoms with E-state index in [9.17, 15) is 8.42 Å². The summed E-state index contributed by atoms with van der Waals surface area (Å²) in [7, 11) is -1.35. The molecule has 1 saturated heterocycles. The SMILES string of the molecule is CC1CN(C)CCC1NS(=O)(=O)c1ccc2c(c1)CCN2. The maximum absolute atomic E-state index is 12.6. The molecule has 1 fully saturated rings. The molecule has 2 unspecified atom stereocenters. The molecule has 0 spiro atoms. The number of nitrogens with one attached hydrogen (secondary N) is 2. The van der Waals surface area contributed by atoms with E-state index in [4.69, 9.17) is 0 Å². The van der Waals surface area contributed by atoms with Gasteiger partial charge >= 0.3 is 0 Å². The van der Waals surface area contributed by atoms with Gasteiger partial charge in [-0.1, -0.05) is 6.92 Å². The van der Waals surface area contributed by atoms with Crippen LogP contribution in [0.3, 0.4) is 0 Å². The van der Waals surface area contributed by atoms with Gasteiger partial charge in [-0.25, -0.2) is 13.1 Å². The normalized spacial score (nSPS) is 26.4. The van der Waals surface area contributed by atoms with E-state index in [0.29, 0.717) is 10.8 Å². The van der Waals surface area contributed by atoms with Gasteiger partial charge < -0.3 is 10.2 Å². The number of nitrogens with zero attached hydrogens (tertiary/aromatic N) is 1. The van der Waals surface area contributed by atoms with Crippen molar-refractivity contribution >= 4 is 15.7 Å². The number of anilines is 1. The fourth-order valence-corrected chi connectivity index (χ4v) is 4.67. The van der Waals surface area contributed by atoms with E-state index in [1.54, 1.807) is 12.1 Å². The van der Waals surface area contributed by atoms with Gasteiger partial charge in [0, 0.05) is 24.8 Å². The Balaban J connectivity index is 1.78. The Kier molecular flexibility index (Phi) is 3.94. The minimum absolute atomic E-state index is 0.0255. The second-order valence-corrected chi connectivity index (χ2v) is 7.97. The van der Waals surface area contributed by atoms with E-state index >= 15 is 0 Å². The van der Waals surface area contributed by atoms with Gasteiger partial charge in [0.15, 0.2) is 0 Å². The van der Waals surface area contributed by atoms with Gasteiger partial charge in [0.05, 0.1) is 4.90 Å². The number of piperidine rings is 1. The van der Waals surface area contributed by atoms with Crippen LogP contribution in [-0.2, 0) is 16.4 Å². The summed E-state index contributed by atoms with van der Waals surface area (Å²) in [6.07, 6.45) is 1.76. The monoisotopic (exact) mass is 309 g/mol. The smallest absolute Gasteiger partial charge is 0.240 e. The standard InChI is InChI=1S/C15H23N3O2S/c1-11-10-18(2)8-6-14(11)17-21(19,20)13-3-4-15-12(9-13)5-7-16-15/h3-4,9,11,14,16-17H,5-8,10H2,1-2H3. The third kappa shape index (κ3) is 3.07. The van der Waals surface area contributed by atoms with E-state index in [0.717, 1.165) is 43.7 Å². The van der Waals surface area contributed by atoms with Crippen molar-refractivity contribution in [1.29, 1.82) is 0 Å². The zero-order valence-electron chi connectivity index (χ0n) is 12.6. The number of hydrogen-bond acceptors (Lipinski definition) is 4. The first-order valence-electron chi connectivity index (χ1n) is 7.53. The quantitative estimate of drug-likeness (QED) is 0.883. The van der Waals surface area contributed by atoms with E-state index in [1.807, 2.05) is 6.07 Å². The number of benzene rings is 1. The molecule has 0 saturated carbocycles. The van der Waals surface area contributed by atoms with E-state index in [1.165, 1.54) is 0 Å². The maximum Gasteiger partial charge on any atom is 0.240 e. The Labute approximate surface area is 126 Å². The summed E-state index contributed by atoms with van der Waals surface area (Å²) in [6.45, 7) is 4.86. The molecule has 0 bridgehead atoms. The van der Waals surface area contributed by atoms with Crippen LogP contribution in [0, 0.1) is 5.92 Å². The molecule has 21 heavy (non-hydrogen) atoms. The molecule has 5 nitrogen and oxygen atoms in total. The Morgan fingerprint density at radius 2 is 2.19 bits per heavy atom. The molecular weight excluding hydrogens is 286 g/mol. The molecule has 0 amide bonds. The highest BCUT2D eigenvalue weighted by molar-refractivity contribution is 7.89. The zero-order chi connectivity index (χ0) is 15.0. The highest BCUT2D eigenvalue weighted by Gasteiger charge is 2.29. The van der Waals surface area contributed by atoms with Crippen LogP contribution in [-0.4, -0.2) is 46.0 Å². The fraction of sp³-hybridized carbons (Fsp3) is 0.600. The second-order valence-electron chi connectivity index (χ2n) is 6.25. The lowest BCUT2D eigenvalue weighted by Gasteiger charge is -2.34. The minimum atomic E-state index is -3.43. The molecule has 2 N–H and O–H groups in total. The lowest BCUT2D eigenvalue weighted by Crippen LogP contribution is -2.48. The second kappa shape index (κ2) is 5.59. The van der Waals surface area contributed by atoms with Crippen molar-refractivity contribution in [2.45, 2.75) is 30.7 Å². The summed E-state index contributed by atoms with van der Waals surface area (Å²) >= 11 is 0. The van der Waals surface area contributed by atoms with Crippen LogP contribution >= 0.6 is 0 Å². The predicted octanol–water partition coefficient (Wildman–Crippen LogP) is 1.27. The number of likely N-dealkylation sites (tertiary alicyclic amines) is 1. The molecule has 0 aromatic heterocycles. The molecule has 0 aliphatic carbocycles. The van der Waals surface area contributed by atoms with Crippen LogP contribution in [0.25, 0.3) is 0 Å². The molecule has 0 radical (unpaired) electrons. The minimum Gasteiger partial charge on any atom is -0.384 e. The van der Waals surface area contributed by atoms with Crippen LogP contribution in [0.4, 0.5) is 5.69 Å². The van der Waals surface area contributed by atoms with Crippen molar-refractivity contribution in [3.8, 4) is 0 Å². The van der Waals surface area contributed by atoms with Gasteiger partial charge in [0.1, 0.15) is 0 Å². The van der Waals surface area contributed by atoms with E-state index < -0.39 is 10.0 Å². The lowest BCUT2D eigenvalue weighted by atomic mass is 9.95. The number of fused-ring (bicyclic) bond motifs is 1. The summed E-state index contributed by atoms with van der Waals surface area (Å²) in [4.78, 5) is 2.63. The van der Waals surface area contributed by atoms with Crippen LogP contribution < -0.4 is 10.0 Å². The summed E-state index contributed by atoms with van der Waals surface area (Å²) in [5.41, 5.74) is 2.15. The molecule has 6 heteroatoms. The summed E-state index contributed by atoms with van der Waals surface area (Å²) in [5.74, 6) is 0.328. The van der Waals surface area contributed by atoms with Crippen molar-refractivity contribution in [3.63, 3.8) is 0 Å². The molecule has 2 aliphatic heterocycles. The zero-order valence-corrected chi connectivity index (χ0v) is 13.4.